The van der Waals surface area contributed by atoms with E-state index < -0.39 is 10.0 Å². The summed E-state index contributed by atoms with van der Waals surface area (Å²) in [6.45, 7) is 1.46. The van der Waals surface area contributed by atoms with Crippen molar-refractivity contribution in [1.82, 2.24) is 5.01 Å². The van der Waals surface area contributed by atoms with E-state index in [1.165, 1.54) is 24.1 Å². The molecule has 0 radical (unpaired) electrons. The lowest BCUT2D eigenvalue weighted by molar-refractivity contribution is -0.130. The summed E-state index contributed by atoms with van der Waals surface area (Å²) in [6, 6.07) is 21.5. The first kappa shape index (κ1) is 20.6. The standard InChI is InChI=1S/C23H21N3O4S/c1-16(27)26-23(18-9-13-20(28)14-10-18)15-22(24-26)17-7-11-19(12-8-17)25-31(29,30)21-5-3-2-4-6-21/h2-14,23,25,28H,15H2,1H3. The molecule has 8 heteroatoms. The summed E-state index contributed by atoms with van der Waals surface area (Å²) in [4.78, 5) is 12.3. The lowest BCUT2D eigenvalue weighted by atomic mass is 9.98. The minimum absolute atomic E-state index is 0.158. The molecular formula is C23H21N3O4S. The minimum atomic E-state index is -3.67. The molecule has 4 rings (SSSR count). The molecule has 3 aromatic rings. The molecule has 1 aliphatic rings. The van der Waals surface area contributed by atoms with Crippen LogP contribution < -0.4 is 4.72 Å². The predicted octanol–water partition coefficient (Wildman–Crippen LogP) is 3.89. The Morgan fingerprint density at radius 1 is 1.00 bits per heavy atom. The highest BCUT2D eigenvalue weighted by Gasteiger charge is 2.31. The lowest BCUT2D eigenvalue weighted by Crippen LogP contribution is -2.24. The highest BCUT2D eigenvalue weighted by molar-refractivity contribution is 7.92. The number of sulfonamides is 1. The van der Waals surface area contributed by atoms with Crippen LogP contribution in [-0.2, 0) is 14.8 Å². The Bertz CT molecular complexity index is 1220. The van der Waals surface area contributed by atoms with Crippen LogP contribution in [0.2, 0.25) is 0 Å². The molecule has 1 heterocycles. The molecule has 3 aromatic carbocycles. The van der Waals surface area contributed by atoms with E-state index in [9.17, 15) is 18.3 Å². The summed E-state index contributed by atoms with van der Waals surface area (Å²) >= 11 is 0. The number of phenolic OH excluding ortho intramolecular Hbond substituents is 1. The zero-order valence-corrected chi connectivity index (χ0v) is 17.6. The van der Waals surface area contributed by atoms with Gasteiger partial charge in [0.2, 0.25) is 5.91 Å². The Kier molecular flexibility index (Phi) is 5.48. The summed E-state index contributed by atoms with van der Waals surface area (Å²) in [5, 5.41) is 15.5. The van der Waals surface area contributed by atoms with Crippen LogP contribution in [0, 0.1) is 0 Å². The third-order valence-corrected chi connectivity index (χ3v) is 6.43. The molecule has 0 fully saturated rings. The van der Waals surface area contributed by atoms with E-state index in [2.05, 4.69) is 9.82 Å². The molecule has 31 heavy (non-hydrogen) atoms. The fraction of sp³-hybridized carbons (Fsp3) is 0.130. The van der Waals surface area contributed by atoms with Crippen LogP contribution >= 0.6 is 0 Å². The number of aromatic hydroxyl groups is 1. The van der Waals surface area contributed by atoms with Gasteiger partial charge in [-0.25, -0.2) is 13.4 Å². The van der Waals surface area contributed by atoms with Gasteiger partial charge in [0.1, 0.15) is 5.75 Å². The minimum Gasteiger partial charge on any atom is -0.508 e. The van der Waals surface area contributed by atoms with Crippen molar-refractivity contribution in [2.24, 2.45) is 5.10 Å². The Morgan fingerprint density at radius 3 is 2.26 bits per heavy atom. The number of nitrogens with zero attached hydrogens (tertiary/aromatic N) is 2. The molecule has 0 saturated carbocycles. The molecule has 158 valence electrons. The number of benzene rings is 3. The number of hydrogen-bond donors (Lipinski definition) is 2. The van der Waals surface area contributed by atoms with E-state index in [1.807, 2.05) is 0 Å². The second kappa shape index (κ2) is 8.23. The molecule has 0 saturated heterocycles. The van der Waals surface area contributed by atoms with Gasteiger partial charge in [-0.15, -0.1) is 0 Å². The number of rotatable bonds is 5. The van der Waals surface area contributed by atoms with Crippen molar-refractivity contribution in [3.63, 3.8) is 0 Å². The maximum atomic E-state index is 12.5. The molecule has 0 spiro atoms. The van der Waals surface area contributed by atoms with E-state index in [0.29, 0.717) is 12.1 Å². The summed E-state index contributed by atoms with van der Waals surface area (Å²) in [6.07, 6.45) is 0.513. The Balaban J connectivity index is 1.54. The second-order valence-corrected chi connectivity index (χ2v) is 8.90. The van der Waals surface area contributed by atoms with Crippen molar-refractivity contribution in [2.45, 2.75) is 24.3 Å². The normalized spacial score (nSPS) is 16.1. The molecule has 1 amide bonds. The van der Waals surface area contributed by atoms with E-state index in [-0.39, 0.29) is 22.6 Å². The highest BCUT2D eigenvalue weighted by Crippen LogP contribution is 2.33. The number of nitrogens with one attached hydrogen (secondary N) is 1. The van der Waals surface area contributed by atoms with Gasteiger partial charge in [-0.1, -0.05) is 42.5 Å². The molecule has 7 nitrogen and oxygen atoms in total. The Hall–Kier alpha value is -3.65. The predicted molar refractivity (Wildman–Crippen MR) is 118 cm³/mol. The van der Waals surface area contributed by atoms with Crippen LogP contribution in [0.3, 0.4) is 0 Å². The average Bonchev–Trinajstić information content (AvgIpc) is 3.21. The van der Waals surface area contributed by atoms with Gasteiger partial charge < -0.3 is 5.11 Å². The third kappa shape index (κ3) is 4.44. The quantitative estimate of drug-likeness (QED) is 0.635. The smallest absolute Gasteiger partial charge is 0.261 e. The van der Waals surface area contributed by atoms with E-state index in [4.69, 9.17) is 0 Å². The monoisotopic (exact) mass is 435 g/mol. The van der Waals surface area contributed by atoms with Gasteiger partial charge in [-0.05, 0) is 47.5 Å². The van der Waals surface area contributed by atoms with Crippen molar-refractivity contribution in [1.29, 1.82) is 0 Å². The van der Waals surface area contributed by atoms with Crippen LogP contribution in [-0.4, -0.2) is 30.2 Å². The molecule has 1 atom stereocenters. The van der Waals surface area contributed by atoms with Gasteiger partial charge in [-0.2, -0.15) is 5.10 Å². The number of amides is 1. The lowest BCUT2D eigenvalue weighted by Gasteiger charge is -2.20. The summed E-state index contributed by atoms with van der Waals surface area (Å²) < 4.78 is 27.5. The van der Waals surface area contributed by atoms with Crippen LogP contribution in [0.5, 0.6) is 5.75 Å². The molecule has 0 aromatic heterocycles. The van der Waals surface area contributed by atoms with E-state index in [1.54, 1.807) is 66.7 Å². The van der Waals surface area contributed by atoms with Crippen molar-refractivity contribution in [2.75, 3.05) is 4.72 Å². The van der Waals surface area contributed by atoms with E-state index in [0.717, 1.165) is 16.8 Å². The van der Waals surface area contributed by atoms with Crippen molar-refractivity contribution in [3.8, 4) is 5.75 Å². The molecule has 0 bridgehead atoms. The fourth-order valence-corrected chi connectivity index (χ4v) is 4.56. The molecule has 1 unspecified atom stereocenters. The number of hydrazone groups is 1. The third-order valence-electron chi connectivity index (χ3n) is 5.03. The van der Waals surface area contributed by atoms with Gasteiger partial charge in [0.15, 0.2) is 0 Å². The molecule has 0 aliphatic carbocycles. The number of phenols is 1. The average molecular weight is 436 g/mol. The van der Waals surface area contributed by atoms with Crippen molar-refractivity contribution < 1.29 is 18.3 Å². The first-order valence-corrected chi connectivity index (χ1v) is 11.2. The Labute approximate surface area is 180 Å². The van der Waals surface area contributed by atoms with Crippen molar-refractivity contribution >= 4 is 27.3 Å². The number of carbonyl (C=O) groups excluding carboxylic acids is 1. The fourth-order valence-electron chi connectivity index (χ4n) is 3.48. The zero-order chi connectivity index (χ0) is 22.0. The first-order valence-electron chi connectivity index (χ1n) is 9.68. The van der Waals surface area contributed by atoms with Crippen molar-refractivity contribution in [3.05, 3.63) is 90.0 Å². The summed E-state index contributed by atoms with van der Waals surface area (Å²) in [5.74, 6) is -0.0221. The van der Waals surface area contributed by atoms with Gasteiger partial charge in [0.05, 0.1) is 16.6 Å². The van der Waals surface area contributed by atoms with E-state index >= 15 is 0 Å². The molecule has 1 aliphatic heterocycles. The maximum absolute atomic E-state index is 12.5. The van der Waals surface area contributed by atoms with Crippen LogP contribution in [0.15, 0.2) is 88.9 Å². The largest absolute Gasteiger partial charge is 0.508 e. The van der Waals surface area contributed by atoms with Gasteiger partial charge in [-0.3, -0.25) is 9.52 Å². The van der Waals surface area contributed by atoms with Gasteiger partial charge >= 0.3 is 0 Å². The second-order valence-electron chi connectivity index (χ2n) is 7.22. The molecule has 2 N–H and O–H groups in total. The van der Waals surface area contributed by atoms with Crippen LogP contribution in [0.1, 0.15) is 30.5 Å². The highest BCUT2D eigenvalue weighted by atomic mass is 32.2. The van der Waals surface area contributed by atoms with Gasteiger partial charge in [0.25, 0.3) is 10.0 Å². The summed E-state index contributed by atoms with van der Waals surface area (Å²) in [5.41, 5.74) is 2.84. The summed E-state index contributed by atoms with van der Waals surface area (Å²) in [7, 11) is -3.67. The zero-order valence-electron chi connectivity index (χ0n) is 16.8. The number of hydrogen-bond acceptors (Lipinski definition) is 5. The van der Waals surface area contributed by atoms with Crippen LogP contribution in [0.4, 0.5) is 5.69 Å². The Morgan fingerprint density at radius 2 is 1.65 bits per heavy atom. The molecular weight excluding hydrogens is 414 g/mol. The SMILES string of the molecule is CC(=O)N1N=C(c2ccc(NS(=O)(=O)c3ccccc3)cc2)CC1c1ccc(O)cc1. The maximum Gasteiger partial charge on any atom is 0.261 e. The number of anilines is 1. The van der Waals surface area contributed by atoms with Gasteiger partial charge in [0, 0.05) is 19.0 Å². The number of carbonyl (C=O) groups is 1. The topological polar surface area (TPSA) is 99.1 Å². The van der Waals surface area contributed by atoms with Crippen LogP contribution in [0.25, 0.3) is 0 Å². The first-order chi connectivity index (χ1) is 14.8.